The summed E-state index contributed by atoms with van der Waals surface area (Å²) in [6.45, 7) is 30.7. The highest BCUT2D eigenvalue weighted by Gasteiger charge is 2.18. The van der Waals surface area contributed by atoms with Crippen molar-refractivity contribution in [1.29, 1.82) is 0 Å². The maximum absolute atomic E-state index is 13.2. The molecule has 0 saturated carbocycles. The molecule has 0 heterocycles. The van der Waals surface area contributed by atoms with Crippen LogP contribution < -0.4 is 37.9 Å². The first-order valence-corrected chi connectivity index (χ1v) is 35.9. The standard InChI is InChI=1S/3C12H14F2O.4C11H12F2O.C10H10F2O/c3*1-3-4-5-8-15-10-7-6-9(2)11(13)12(10)14;4*1-3-4-7-14-9-6-5-8(2)10(12)11(9)13;1-3-6-13-8-5-4-7(2)9(11)10(8)12/h3*4-7H,3,8H2,1-2H3;4*3-6H,7H2,1-2H3;3-5H,1,6H2,2H3/b3*5-4-;4*4-3-;. The Morgan fingerprint density at radius 1 is 0.202 bits per heavy atom. The number of hydrogen-bond donors (Lipinski definition) is 0. The Kier molecular flexibility index (Phi) is 50.5. The third-order valence-electron chi connectivity index (χ3n) is 14.8. The van der Waals surface area contributed by atoms with Crippen LogP contribution in [-0.2, 0) is 0 Å². The van der Waals surface area contributed by atoms with Gasteiger partial charge >= 0.3 is 0 Å². The van der Waals surface area contributed by atoms with Gasteiger partial charge in [0, 0.05) is 0 Å². The van der Waals surface area contributed by atoms with E-state index in [-0.39, 0.29) is 143 Å². The smallest absolute Gasteiger partial charge is 0.200 e. The molecule has 0 aliphatic heterocycles. The van der Waals surface area contributed by atoms with Gasteiger partial charge in [0.05, 0.1) is 0 Å². The first-order valence-electron chi connectivity index (χ1n) is 35.9. The minimum absolute atomic E-state index is 0.0427. The summed E-state index contributed by atoms with van der Waals surface area (Å²) in [5.41, 5.74) is 2.23. The molecule has 8 rings (SSSR count). The summed E-state index contributed by atoms with van der Waals surface area (Å²) in [7, 11) is 0. The number of allylic oxidation sites excluding steroid dienone is 7. The van der Waals surface area contributed by atoms with Gasteiger partial charge in [-0.3, -0.25) is 0 Å². The van der Waals surface area contributed by atoms with Crippen molar-refractivity contribution in [3.63, 3.8) is 0 Å². The lowest BCUT2D eigenvalue weighted by Gasteiger charge is -2.06. The molecule has 8 aromatic carbocycles. The normalized spacial score (nSPS) is 10.8. The molecule has 0 bridgehead atoms. The SMILES string of the molecule is C/C=C\COc1ccc(C)c(F)c1F.C/C=C\COc1ccc(C)c(F)c1F.C/C=C\COc1ccc(C)c(F)c1F.C/C=C\COc1ccc(C)c(F)c1F.C=CCOc1ccc(C)c(F)c1F.CC/C=C\COc1ccc(C)c(F)c1F.CC/C=C\COc1ccc(C)c(F)c1F.CC/C=C\COc1ccc(C)c(F)c1F. The number of hydrogen-bond acceptors (Lipinski definition) is 8. The minimum atomic E-state index is -0.943. The van der Waals surface area contributed by atoms with Crippen molar-refractivity contribution < 1.29 is 108 Å². The Labute approximate surface area is 659 Å². The predicted molar refractivity (Wildman–Crippen MR) is 420 cm³/mol. The highest BCUT2D eigenvalue weighted by atomic mass is 19.2. The summed E-state index contributed by atoms with van der Waals surface area (Å²) in [6, 6.07) is 23.3. The molecule has 24 heteroatoms. The van der Waals surface area contributed by atoms with Gasteiger partial charge in [0.25, 0.3) is 0 Å². The lowest BCUT2D eigenvalue weighted by Crippen LogP contribution is -1.99. The number of aryl methyl sites for hydroxylation is 8. The van der Waals surface area contributed by atoms with Crippen molar-refractivity contribution in [2.24, 2.45) is 0 Å². The Balaban J connectivity index is 0.000000652. The van der Waals surface area contributed by atoms with Crippen LogP contribution in [-0.4, -0.2) is 52.9 Å². The van der Waals surface area contributed by atoms with Gasteiger partial charge in [0.15, 0.2) is 92.5 Å². The van der Waals surface area contributed by atoms with E-state index in [2.05, 4.69) is 6.58 Å². The second kappa shape index (κ2) is 57.1. The lowest BCUT2D eigenvalue weighted by molar-refractivity contribution is 0.331. The summed E-state index contributed by atoms with van der Waals surface area (Å²) in [6.07, 6.45) is 29.2. The molecule has 0 aliphatic rings. The van der Waals surface area contributed by atoms with E-state index in [0.29, 0.717) is 0 Å². The Bertz CT molecular complexity index is 4000. The van der Waals surface area contributed by atoms with Crippen molar-refractivity contribution in [2.45, 2.75) is 123 Å². The van der Waals surface area contributed by atoms with Crippen LogP contribution in [0.15, 0.2) is 195 Å². The molecule has 114 heavy (non-hydrogen) atoms. The van der Waals surface area contributed by atoms with E-state index in [1.54, 1.807) is 66.8 Å². The van der Waals surface area contributed by atoms with Crippen LogP contribution in [0.5, 0.6) is 46.0 Å². The maximum atomic E-state index is 13.2. The Morgan fingerprint density at radius 3 is 0.456 bits per heavy atom. The molecule has 8 aromatic rings. The first-order chi connectivity index (χ1) is 54.3. The summed E-state index contributed by atoms with van der Waals surface area (Å²) in [4.78, 5) is 0. The van der Waals surface area contributed by atoms with Gasteiger partial charge in [-0.05, 0) is 195 Å². The first kappa shape index (κ1) is 101. The van der Waals surface area contributed by atoms with Gasteiger partial charge in [-0.15, -0.1) is 0 Å². The summed E-state index contributed by atoms with van der Waals surface area (Å²) < 4.78 is 250. The monoisotopic (exact) mass is 1610 g/mol. The van der Waals surface area contributed by atoms with Crippen molar-refractivity contribution in [3.05, 3.63) is 332 Å². The quantitative estimate of drug-likeness (QED) is 0.0372. The van der Waals surface area contributed by atoms with Gasteiger partial charge in [-0.25, -0.2) is 35.1 Å². The third kappa shape index (κ3) is 36.2. The van der Waals surface area contributed by atoms with E-state index >= 15 is 0 Å². The van der Waals surface area contributed by atoms with Crippen LogP contribution in [0.25, 0.3) is 0 Å². The molecule has 0 atom stereocenters. The molecule has 0 fully saturated rings. The van der Waals surface area contributed by atoms with E-state index in [1.165, 1.54) is 159 Å². The van der Waals surface area contributed by atoms with Crippen LogP contribution in [0.2, 0.25) is 0 Å². The van der Waals surface area contributed by atoms with Gasteiger partial charge in [0.2, 0.25) is 46.5 Å². The highest BCUT2D eigenvalue weighted by Crippen LogP contribution is 2.29. The second-order valence-electron chi connectivity index (χ2n) is 23.8. The van der Waals surface area contributed by atoms with Crippen LogP contribution in [0.3, 0.4) is 0 Å². The zero-order valence-electron chi connectivity index (χ0n) is 66.7. The van der Waals surface area contributed by atoms with Gasteiger partial charge in [-0.2, -0.15) is 35.1 Å². The topological polar surface area (TPSA) is 73.8 Å². The Hall–Kier alpha value is -11.0. The summed E-state index contributed by atoms with van der Waals surface area (Å²) in [5.74, 6) is -14.5. The zero-order chi connectivity index (χ0) is 85.8. The molecule has 0 spiro atoms. The average Bonchev–Trinajstić information content (AvgIpc) is 0.934. The van der Waals surface area contributed by atoms with Crippen molar-refractivity contribution in [3.8, 4) is 46.0 Å². The molecule has 0 unspecified atom stereocenters. The van der Waals surface area contributed by atoms with Gasteiger partial charge in [-0.1, -0.05) is 167 Å². The van der Waals surface area contributed by atoms with Crippen LogP contribution in [0, 0.1) is 148 Å². The molecule has 0 saturated heterocycles. The molecule has 0 N–H and O–H groups in total. The predicted octanol–water partition coefficient (Wildman–Crippen LogP) is 26.6. The van der Waals surface area contributed by atoms with Crippen LogP contribution >= 0.6 is 0 Å². The summed E-state index contributed by atoms with van der Waals surface area (Å²) >= 11 is 0. The highest BCUT2D eigenvalue weighted by molar-refractivity contribution is 5.36. The number of ether oxygens (including phenoxy) is 8. The van der Waals surface area contributed by atoms with E-state index in [4.69, 9.17) is 37.9 Å². The largest absolute Gasteiger partial charge is 0.486 e. The molecular weight excluding hydrogens is 1510 g/mol. The number of halogens is 16. The summed E-state index contributed by atoms with van der Waals surface area (Å²) in [5, 5.41) is 0. The third-order valence-corrected chi connectivity index (χ3v) is 14.8. The van der Waals surface area contributed by atoms with E-state index in [1.807, 2.05) is 66.7 Å². The van der Waals surface area contributed by atoms with Gasteiger partial charge in [0.1, 0.15) is 52.9 Å². The van der Waals surface area contributed by atoms with E-state index in [0.717, 1.165) is 19.3 Å². The molecule has 620 valence electrons. The van der Waals surface area contributed by atoms with Crippen molar-refractivity contribution in [2.75, 3.05) is 52.9 Å². The molecule has 8 nitrogen and oxygen atoms in total. The fourth-order valence-electron chi connectivity index (χ4n) is 8.12. The average molecular weight is 1610 g/mol. The van der Waals surface area contributed by atoms with Crippen LogP contribution in [0.4, 0.5) is 70.2 Å². The number of benzene rings is 8. The van der Waals surface area contributed by atoms with Crippen molar-refractivity contribution >= 4 is 0 Å². The van der Waals surface area contributed by atoms with E-state index in [9.17, 15) is 70.2 Å². The van der Waals surface area contributed by atoms with Gasteiger partial charge < -0.3 is 37.9 Å². The van der Waals surface area contributed by atoms with Crippen molar-refractivity contribution in [1.82, 2.24) is 0 Å². The zero-order valence-corrected chi connectivity index (χ0v) is 66.7. The van der Waals surface area contributed by atoms with E-state index < -0.39 is 93.1 Å². The fraction of sp³-hybridized carbons (Fsp3) is 0.289. The maximum Gasteiger partial charge on any atom is 0.200 e. The second-order valence-corrected chi connectivity index (χ2v) is 23.8. The molecule has 0 amide bonds. The number of rotatable bonds is 27. The molecule has 0 aliphatic carbocycles. The molecule has 0 radical (unpaired) electrons. The Morgan fingerprint density at radius 2 is 0.333 bits per heavy atom. The molecule has 0 aromatic heterocycles. The van der Waals surface area contributed by atoms with Crippen LogP contribution in [0.1, 0.15) is 112 Å². The lowest BCUT2D eigenvalue weighted by atomic mass is 10.2. The fourth-order valence-corrected chi connectivity index (χ4v) is 8.12. The minimum Gasteiger partial charge on any atom is -0.486 e. The molecular formula is C90H100F16O8.